The molecular weight excluding hydrogens is 250 g/mol. The maximum atomic E-state index is 5.83. The van der Waals surface area contributed by atoms with Gasteiger partial charge in [0, 0.05) is 18.8 Å². The Balaban J connectivity index is 1.99. The third-order valence-corrected chi connectivity index (χ3v) is 2.50. The molecule has 0 spiro atoms. The van der Waals surface area contributed by atoms with Gasteiger partial charge in [-0.1, -0.05) is 17.7 Å². The molecule has 1 N–H and O–H groups in total. The van der Waals surface area contributed by atoms with Crippen LogP contribution in [0, 0.1) is 0 Å². The highest BCUT2D eigenvalue weighted by molar-refractivity contribution is 6.30. The lowest BCUT2D eigenvalue weighted by atomic mass is 10.3. The van der Waals surface area contributed by atoms with Gasteiger partial charge in [-0.25, -0.2) is 0 Å². The van der Waals surface area contributed by atoms with Gasteiger partial charge in [-0.15, -0.1) is 0 Å². The van der Waals surface area contributed by atoms with E-state index in [-0.39, 0.29) is 0 Å². The minimum absolute atomic E-state index is 0.402. The molecule has 0 atom stereocenters. The molecule has 0 unspecified atom stereocenters. The molecule has 0 fully saturated rings. The van der Waals surface area contributed by atoms with Crippen molar-refractivity contribution >= 4 is 11.6 Å². The van der Waals surface area contributed by atoms with Crippen LogP contribution >= 0.6 is 11.6 Å². The molecule has 2 aromatic rings. The summed E-state index contributed by atoms with van der Waals surface area (Å²) in [5, 5.41) is 3.62. The molecule has 5 heteroatoms. The molecule has 0 bridgehead atoms. The quantitative estimate of drug-likeness (QED) is 0.900. The number of ether oxygens (including phenoxy) is 1. The number of hydrogen-bond acceptors (Lipinski definition) is 4. The smallest absolute Gasteiger partial charge is 0.139 e. The summed E-state index contributed by atoms with van der Waals surface area (Å²) < 4.78 is 5.58. The first-order valence-corrected chi connectivity index (χ1v) is 5.98. The third kappa shape index (κ3) is 3.68. The van der Waals surface area contributed by atoms with E-state index in [2.05, 4.69) is 15.3 Å². The molecular formula is C13H14ClN3O. The average Bonchev–Trinajstić information content (AvgIpc) is 2.37. The summed E-state index contributed by atoms with van der Waals surface area (Å²) in [5.41, 5.74) is 1.87. The van der Waals surface area contributed by atoms with Gasteiger partial charge in [0.25, 0.3) is 0 Å². The van der Waals surface area contributed by atoms with E-state index in [1.54, 1.807) is 18.5 Å². The number of aromatic nitrogens is 2. The first-order chi connectivity index (χ1) is 8.78. The normalized spacial score (nSPS) is 10.3. The van der Waals surface area contributed by atoms with Crippen molar-refractivity contribution in [2.24, 2.45) is 0 Å². The van der Waals surface area contributed by atoms with Crippen LogP contribution in [0.2, 0.25) is 5.02 Å². The number of hydrogen-bond donors (Lipinski definition) is 1. The van der Waals surface area contributed by atoms with Crippen LogP contribution in [0.4, 0.5) is 0 Å². The Labute approximate surface area is 111 Å². The average molecular weight is 264 g/mol. The highest BCUT2D eigenvalue weighted by Crippen LogP contribution is 2.16. The van der Waals surface area contributed by atoms with Crippen LogP contribution < -0.4 is 10.1 Å². The van der Waals surface area contributed by atoms with E-state index in [1.165, 1.54) is 0 Å². The minimum Gasteiger partial charge on any atom is -0.486 e. The zero-order chi connectivity index (χ0) is 12.8. The number of nitrogens with one attached hydrogen (secondary N) is 1. The van der Waals surface area contributed by atoms with E-state index in [0.29, 0.717) is 17.4 Å². The second kappa shape index (κ2) is 6.33. The van der Waals surface area contributed by atoms with Gasteiger partial charge in [-0.05, 0) is 19.2 Å². The summed E-state index contributed by atoms with van der Waals surface area (Å²) in [6.07, 6.45) is 3.20. The highest BCUT2D eigenvalue weighted by atomic mass is 35.5. The van der Waals surface area contributed by atoms with Gasteiger partial charge in [-0.3, -0.25) is 9.97 Å². The van der Waals surface area contributed by atoms with E-state index < -0.39 is 0 Å². The molecule has 2 heterocycles. The molecule has 2 aromatic heterocycles. The van der Waals surface area contributed by atoms with Crippen molar-refractivity contribution in [2.45, 2.75) is 13.2 Å². The van der Waals surface area contributed by atoms with Crippen LogP contribution in [0.15, 0.2) is 36.7 Å². The van der Waals surface area contributed by atoms with E-state index in [1.807, 2.05) is 25.2 Å². The highest BCUT2D eigenvalue weighted by Gasteiger charge is 2.00. The van der Waals surface area contributed by atoms with Crippen molar-refractivity contribution in [2.75, 3.05) is 7.05 Å². The van der Waals surface area contributed by atoms with Gasteiger partial charge >= 0.3 is 0 Å². The van der Waals surface area contributed by atoms with Crippen LogP contribution in [0.25, 0.3) is 0 Å². The molecule has 2 rings (SSSR count). The lowest BCUT2D eigenvalue weighted by Crippen LogP contribution is -2.08. The molecule has 0 radical (unpaired) electrons. The van der Waals surface area contributed by atoms with Crippen molar-refractivity contribution < 1.29 is 4.74 Å². The monoisotopic (exact) mass is 263 g/mol. The summed E-state index contributed by atoms with van der Waals surface area (Å²) in [6, 6.07) is 7.60. The molecule has 0 saturated carbocycles. The van der Waals surface area contributed by atoms with Crippen LogP contribution in [0.5, 0.6) is 5.75 Å². The molecule has 0 aromatic carbocycles. The fraction of sp³-hybridized carbons (Fsp3) is 0.231. The van der Waals surface area contributed by atoms with Gasteiger partial charge in [-0.2, -0.15) is 0 Å². The van der Waals surface area contributed by atoms with Crippen molar-refractivity contribution in [3.05, 3.63) is 53.1 Å². The Morgan fingerprint density at radius 2 is 2.11 bits per heavy atom. The summed E-state index contributed by atoms with van der Waals surface area (Å²) in [5.74, 6) is 0.642. The molecule has 94 valence electrons. The Bertz CT molecular complexity index is 519. The predicted molar refractivity (Wildman–Crippen MR) is 70.6 cm³/mol. The van der Waals surface area contributed by atoms with Gasteiger partial charge in [0.05, 0.1) is 22.6 Å². The zero-order valence-electron chi connectivity index (χ0n) is 10.1. The molecule has 4 nitrogen and oxygen atoms in total. The number of halogens is 1. The van der Waals surface area contributed by atoms with Gasteiger partial charge in [0.1, 0.15) is 12.4 Å². The molecule has 0 saturated heterocycles. The third-order valence-electron chi connectivity index (χ3n) is 2.29. The Morgan fingerprint density at radius 1 is 1.28 bits per heavy atom. The van der Waals surface area contributed by atoms with Crippen LogP contribution in [0.1, 0.15) is 11.4 Å². The maximum absolute atomic E-state index is 5.83. The predicted octanol–water partition coefficient (Wildman–Crippen LogP) is 2.43. The number of rotatable bonds is 5. The number of nitrogens with zero attached hydrogens (tertiary/aromatic N) is 2. The van der Waals surface area contributed by atoms with Crippen LogP contribution in [-0.2, 0) is 13.2 Å². The van der Waals surface area contributed by atoms with Crippen LogP contribution in [0.3, 0.4) is 0 Å². The lowest BCUT2D eigenvalue weighted by Gasteiger charge is -2.07. The Kier molecular flexibility index (Phi) is 4.50. The summed E-state index contributed by atoms with van der Waals surface area (Å²) in [7, 11) is 1.89. The Hall–Kier alpha value is -1.65. The second-order valence-corrected chi connectivity index (χ2v) is 4.21. The van der Waals surface area contributed by atoms with Gasteiger partial charge in [0.2, 0.25) is 0 Å². The van der Waals surface area contributed by atoms with E-state index >= 15 is 0 Å². The van der Waals surface area contributed by atoms with Crippen molar-refractivity contribution in [1.29, 1.82) is 0 Å². The molecule has 0 aliphatic carbocycles. The van der Waals surface area contributed by atoms with E-state index in [0.717, 1.165) is 17.9 Å². The maximum Gasteiger partial charge on any atom is 0.139 e. The fourth-order valence-electron chi connectivity index (χ4n) is 1.52. The standard InChI is InChI=1S/C13H14ClN3O/c1-15-7-11-3-2-4-12(17-11)9-18-13-5-10(14)6-16-8-13/h2-6,8,15H,7,9H2,1H3. The largest absolute Gasteiger partial charge is 0.486 e. The summed E-state index contributed by atoms with van der Waals surface area (Å²) in [6.45, 7) is 1.14. The van der Waals surface area contributed by atoms with E-state index in [4.69, 9.17) is 16.3 Å². The van der Waals surface area contributed by atoms with Gasteiger partial charge in [0.15, 0.2) is 0 Å². The Morgan fingerprint density at radius 3 is 2.89 bits per heavy atom. The first kappa shape index (κ1) is 12.8. The van der Waals surface area contributed by atoms with Gasteiger partial charge < -0.3 is 10.1 Å². The molecule has 0 aliphatic heterocycles. The van der Waals surface area contributed by atoms with Crippen molar-refractivity contribution in [3.8, 4) is 5.75 Å². The molecule has 18 heavy (non-hydrogen) atoms. The fourth-order valence-corrected chi connectivity index (χ4v) is 1.68. The lowest BCUT2D eigenvalue weighted by molar-refractivity contribution is 0.299. The number of pyridine rings is 2. The summed E-state index contributed by atoms with van der Waals surface area (Å²) >= 11 is 5.83. The summed E-state index contributed by atoms with van der Waals surface area (Å²) in [4.78, 5) is 8.42. The zero-order valence-corrected chi connectivity index (χ0v) is 10.8. The molecule has 0 aliphatic rings. The topological polar surface area (TPSA) is 47.0 Å². The van der Waals surface area contributed by atoms with Crippen molar-refractivity contribution in [3.63, 3.8) is 0 Å². The molecule has 0 amide bonds. The van der Waals surface area contributed by atoms with E-state index in [9.17, 15) is 0 Å². The SMILES string of the molecule is CNCc1cccc(COc2cncc(Cl)c2)n1. The van der Waals surface area contributed by atoms with Crippen molar-refractivity contribution in [1.82, 2.24) is 15.3 Å². The minimum atomic E-state index is 0.402. The first-order valence-electron chi connectivity index (χ1n) is 5.60. The second-order valence-electron chi connectivity index (χ2n) is 3.78. The van der Waals surface area contributed by atoms with Crippen LogP contribution in [-0.4, -0.2) is 17.0 Å².